The van der Waals surface area contributed by atoms with E-state index in [4.69, 9.17) is 25.8 Å². The van der Waals surface area contributed by atoms with Gasteiger partial charge in [-0.1, -0.05) is 17.7 Å². The van der Waals surface area contributed by atoms with E-state index in [0.29, 0.717) is 11.0 Å². The van der Waals surface area contributed by atoms with Gasteiger partial charge in [0.2, 0.25) is 11.8 Å². The number of alkyl halides is 3. The molecule has 32 heavy (non-hydrogen) atoms. The Labute approximate surface area is 183 Å². The first-order valence-corrected chi connectivity index (χ1v) is 9.71. The number of imide groups is 1. The molecule has 0 N–H and O–H groups in total. The monoisotopic (exact) mass is 473 g/mol. The maximum Gasteiger partial charge on any atom is 0.416 e. The number of hydrogen-bond donors (Lipinski definition) is 0. The number of rotatable bonds is 4. The Bertz CT molecular complexity index is 1060. The van der Waals surface area contributed by atoms with Crippen molar-refractivity contribution in [2.24, 2.45) is 11.8 Å². The number of fused-ring (bicyclic) bond motifs is 5. The van der Waals surface area contributed by atoms with Gasteiger partial charge in [0.05, 0.1) is 34.2 Å². The molecule has 0 radical (unpaired) electrons. The summed E-state index contributed by atoms with van der Waals surface area (Å²) in [6.45, 7) is 2.10. The number of carbonyl (C=O) groups is 4. The highest BCUT2D eigenvalue weighted by atomic mass is 35.5. The summed E-state index contributed by atoms with van der Waals surface area (Å²) in [5.41, 5.74) is -3.35. The van der Waals surface area contributed by atoms with Crippen molar-refractivity contribution in [2.75, 3.05) is 4.90 Å². The summed E-state index contributed by atoms with van der Waals surface area (Å²) in [6, 6.07) is 2.27. The molecule has 3 aliphatic rings. The molecule has 3 heterocycles. The fraction of sp³-hybridized carbons (Fsp3) is 0.400. The highest BCUT2D eigenvalue weighted by Crippen LogP contribution is 2.55. The largest absolute Gasteiger partial charge is 0.422 e. The minimum absolute atomic E-state index is 0.244. The molecule has 8 nitrogen and oxygen atoms in total. The van der Waals surface area contributed by atoms with Crippen molar-refractivity contribution in [3.8, 4) is 0 Å². The molecule has 3 aliphatic heterocycles. The fourth-order valence-corrected chi connectivity index (χ4v) is 4.52. The van der Waals surface area contributed by atoms with Gasteiger partial charge in [0.25, 0.3) is 6.29 Å². The number of esters is 2. The number of hydrogen-bond acceptors (Lipinski definition) is 7. The third-order valence-corrected chi connectivity index (χ3v) is 5.83. The zero-order valence-corrected chi connectivity index (χ0v) is 17.3. The van der Waals surface area contributed by atoms with Crippen LogP contribution >= 0.6 is 11.6 Å². The maximum absolute atomic E-state index is 13.4. The SMILES string of the molecule is CC(=O)OC(OC(C)=O)[C@@]12C=C[C@H](O1)[C@H]1C(=O)N(c3cc(C(F)(F)F)ccc3Cl)C(=O)[C@@H]12. The standard InChI is InChI=1S/C20H15ClF3NO7/c1-8(26)30-18(31-9(2)27)19-6-5-13(32-19)14-15(19)17(29)25(16(14)28)12-7-10(20(22,23)24)3-4-11(12)21/h3-7,13-15,18H,1-2H3/t13-,14+,15+,19-/m0/s1. The zero-order valence-electron chi connectivity index (χ0n) is 16.5. The molecule has 12 heteroatoms. The third kappa shape index (κ3) is 3.27. The molecule has 1 aromatic carbocycles. The number of amides is 2. The fourth-order valence-electron chi connectivity index (χ4n) is 4.31. The minimum atomic E-state index is -4.73. The predicted octanol–water partition coefficient (Wildman–Crippen LogP) is 2.62. The summed E-state index contributed by atoms with van der Waals surface area (Å²) in [6.07, 6.45) is -4.56. The highest BCUT2D eigenvalue weighted by molar-refractivity contribution is 6.36. The van der Waals surface area contributed by atoms with Gasteiger partial charge in [0.1, 0.15) is 0 Å². The van der Waals surface area contributed by atoms with Crippen LogP contribution in [0.1, 0.15) is 19.4 Å². The lowest BCUT2D eigenvalue weighted by Crippen LogP contribution is -2.52. The number of halogens is 4. The maximum atomic E-state index is 13.4. The summed E-state index contributed by atoms with van der Waals surface area (Å²) in [4.78, 5) is 50.2. The van der Waals surface area contributed by atoms with Gasteiger partial charge < -0.3 is 14.2 Å². The number of nitrogens with zero attached hydrogens (tertiary/aromatic N) is 1. The van der Waals surface area contributed by atoms with E-state index in [1.807, 2.05) is 0 Å². The first-order chi connectivity index (χ1) is 14.9. The second-order valence-corrected chi connectivity index (χ2v) is 7.93. The zero-order chi connectivity index (χ0) is 23.6. The van der Waals surface area contributed by atoms with E-state index < -0.39 is 71.0 Å². The van der Waals surface area contributed by atoms with E-state index in [9.17, 15) is 32.3 Å². The molecule has 1 aromatic rings. The number of anilines is 1. The molecule has 0 aliphatic carbocycles. The van der Waals surface area contributed by atoms with E-state index in [1.165, 1.54) is 12.2 Å². The molecular weight excluding hydrogens is 459 g/mol. The number of benzene rings is 1. The summed E-state index contributed by atoms with van der Waals surface area (Å²) in [7, 11) is 0. The molecule has 0 spiro atoms. The molecule has 0 saturated carbocycles. The van der Waals surface area contributed by atoms with Gasteiger partial charge in [-0.25, -0.2) is 4.90 Å². The van der Waals surface area contributed by atoms with Crippen molar-refractivity contribution in [3.05, 3.63) is 40.9 Å². The van der Waals surface area contributed by atoms with Gasteiger partial charge in [-0.3, -0.25) is 19.2 Å². The van der Waals surface area contributed by atoms with Crippen LogP contribution in [0.3, 0.4) is 0 Å². The average Bonchev–Trinajstić information content (AvgIpc) is 3.32. The van der Waals surface area contributed by atoms with Crippen molar-refractivity contribution >= 4 is 41.0 Å². The molecule has 2 amide bonds. The van der Waals surface area contributed by atoms with Crippen LogP contribution in [-0.2, 0) is 39.6 Å². The van der Waals surface area contributed by atoms with Gasteiger partial charge in [0, 0.05) is 13.8 Å². The van der Waals surface area contributed by atoms with E-state index in [1.54, 1.807) is 0 Å². The van der Waals surface area contributed by atoms with E-state index in [2.05, 4.69) is 0 Å². The average molecular weight is 474 g/mol. The first-order valence-electron chi connectivity index (χ1n) is 9.33. The van der Waals surface area contributed by atoms with Gasteiger partial charge in [-0.05, 0) is 24.3 Å². The van der Waals surface area contributed by atoms with Crippen LogP contribution in [0.5, 0.6) is 0 Å². The molecule has 2 bridgehead atoms. The molecule has 2 fully saturated rings. The van der Waals surface area contributed by atoms with Crippen LogP contribution in [0.25, 0.3) is 0 Å². The summed E-state index contributed by atoms with van der Waals surface area (Å²) >= 11 is 6.04. The Morgan fingerprint density at radius 1 is 1.16 bits per heavy atom. The van der Waals surface area contributed by atoms with Crippen LogP contribution in [0.15, 0.2) is 30.4 Å². The van der Waals surface area contributed by atoms with Crippen LogP contribution in [0.2, 0.25) is 5.02 Å². The molecule has 0 unspecified atom stereocenters. The van der Waals surface area contributed by atoms with Crippen LogP contribution in [-0.4, -0.2) is 41.7 Å². The Morgan fingerprint density at radius 2 is 1.78 bits per heavy atom. The minimum Gasteiger partial charge on any atom is -0.422 e. The lowest BCUT2D eigenvalue weighted by Gasteiger charge is -2.34. The van der Waals surface area contributed by atoms with Crippen molar-refractivity contribution in [3.63, 3.8) is 0 Å². The molecule has 4 rings (SSSR count). The number of ether oxygens (including phenoxy) is 3. The van der Waals surface area contributed by atoms with Crippen molar-refractivity contribution < 1.29 is 46.6 Å². The Hall–Kier alpha value is -2.92. The third-order valence-electron chi connectivity index (χ3n) is 5.51. The van der Waals surface area contributed by atoms with Crippen molar-refractivity contribution in [2.45, 2.75) is 38.0 Å². The van der Waals surface area contributed by atoms with Crippen molar-refractivity contribution in [1.29, 1.82) is 0 Å². The summed E-state index contributed by atoms with van der Waals surface area (Å²) in [5, 5.41) is -0.244. The Balaban J connectivity index is 1.78. The molecule has 0 aromatic heterocycles. The van der Waals surface area contributed by atoms with Crippen molar-refractivity contribution in [1.82, 2.24) is 0 Å². The quantitative estimate of drug-likeness (QED) is 0.287. The van der Waals surface area contributed by atoms with E-state index in [-0.39, 0.29) is 5.02 Å². The van der Waals surface area contributed by atoms with Gasteiger partial charge >= 0.3 is 18.1 Å². The molecular formula is C20H15ClF3NO7. The molecule has 170 valence electrons. The molecule has 4 atom stereocenters. The number of carbonyl (C=O) groups excluding carboxylic acids is 4. The second kappa shape index (κ2) is 7.31. The lowest BCUT2D eigenvalue weighted by atomic mass is 9.76. The van der Waals surface area contributed by atoms with E-state index >= 15 is 0 Å². The van der Waals surface area contributed by atoms with Gasteiger partial charge in [0.15, 0.2) is 5.60 Å². The molecule has 2 saturated heterocycles. The Kier molecular flexibility index (Phi) is 5.09. The first kappa shape index (κ1) is 22.3. The van der Waals surface area contributed by atoms with E-state index in [0.717, 1.165) is 26.0 Å². The topological polar surface area (TPSA) is 99.2 Å². The predicted molar refractivity (Wildman–Crippen MR) is 100.0 cm³/mol. The van der Waals surface area contributed by atoms with Crippen LogP contribution in [0.4, 0.5) is 18.9 Å². The van der Waals surface area contributed by atoms with Gasteiger partial charge in [-0.15, -0.1) is 0 Å². The summed E-state index contributed by atoms with van der Waals surface area (Å²) in [5.74, 6) is -5.89. The lowest BCUT2D eigenvalue weighted by molar-refractivity contribution is -0.226. The summed E-state index contributed by atoms with van der Waals surface area (Å²) < 4.78 is 55.5. The van der Waals surface area contributed by atoms with Gasteiger partial charge in [-0.2, -0.15) is 13.2 Å². The highest BCUT2D eigenvalue weighted by Gasteiger charge is 2.72. The van der Waals surface area contributed by atoms with Crippen LogP contribution < -0.4 is 4.90 Å². The normalized spacial score (nSPS) is 28.5. The Morgan fingerprint density at radius 3 is 2.34 bits per heavy atom. The smallest absolute Gasteiger partial charge is 0.416 e. The van der Waals surface area contributed by atoms with Crippen LogP contribution in [0, 0.1) is 11.8 Å². The second-order valence-electron chi connectivity index (χ2n) is 7.53.